The van der Waals surface area contributed by atoms with Crippen LogP contribution in [0.15, 0.2) is 42.5 Å². The van der Waals surface area contributed by atoms with Crippen molar-refractivity contribution in [2.24, 2.45) is 0 Å². The van der Waals surface area contributed by atoms with E-state index in [0.717, 1.165) is 33.7 Å². The smallest absolute Gasteiger partial charge is 0.338 e. The minimum atomic E-state index is -0.279. The van der Waals surface area contributed by atoms with E-state index in [9.17, 15) is 4.79 Å². The lowest BCUT2D eigenvalue weighted by Gasteiger charge is -2.24. The number of likely N-dealkylation sites (N-methyl/N-ethyl adjacent to an activating group) is 1. The fourth-order valence-electron chi connectivity index (χ4n) is 2.58. The molecule has 0 spiro atoms. The fraction of sp³-hybridized carbons (Fsp3) is 0.316. The molecule has 0 atom stereocenters. The molecular weight excluding hydrogens is 290 g/mol. The van der Waals surface area contributed by atoms with Gasteiger partial charge in [0.2, 0.25) is 0 Å². The van der Waals surface area contributed by atoms with Crippen LogP contribution in [-0.4, -0.2) is 44.7 Å². The second kappa shape index (κ2) is 6.05. The van der Waals surface area contributed by atoms with Crippen LogP contribution in [0, 0.1) is 0 Å². The average molecular weight is 312 g/mol. The van der Waals surface area contributed by atoms with Gasteiger partial charge in [0.1, 0.15) is 24.7 Å². The van der Waals surface area contributed by atoms with Crippen LogP contribution in [0.25, 0.3) is 0 Å². The number of nitrogens with zero attached hydrogens (tertiary/aromatic N) is 1. The molecular formula is C19H22NO3+. The molecule has 0 fully saturated rings. The highest BCUT2D eigenvalue weighted by molar-refractivity contribution is 5.92. The zero-order chi connectivity index (χ0) is 16.4. The number of para-hydroxylation sites is 1. The predicted octanol–water partition coefficient (Wildman–Crippen LogP) is 3.25. The van der Waals surface area contributed by atoms with E-state index in [-0.39, 0.29) is 5.97 Å². The van der Waals surface area contributed by atoms with Gasteiger partial charge in [0.15, 0.2) is 0 Å². The normalized spacial score (nSPS) is 12.8. The summed E-state index contributed by atoms with van der Waals surface area (Å²) in [6.45, 7) is 1.18. The fourth-order valence-corrected chi connectivity index (χ4v) is 2.58. The number of quaternary nitrogens is 1. The second-order valence-electron chi connectivity index (χ2n) is 6.82. The van der Waals surface area contributed by atoms with Crippen LogP contribution >= 0.6 is 0 Å². The summed E-state index contributed by atoms with van der Waals surface area (Å²) in [5, 5.41) is 0. The number of rotatable bonds is 4. The Bertz CT molecular complexity index is 732. The maximum Gasteiger partial charge on any atom is 0.338 e. The lowest BCUT2D eigenvalue weighted by atomic mass is 9.96. The van der Waals surface area contributed by atoms with Gasteiger partial charge in [-0.2, -0.15) is 0 Å². The Kier molecular flexibility index (Phi) is 4.09. The summed E-state index contributed by atoms with van der Waals surface area (Å²) in [7, 11) is 6.22. The van der Waals surface area contributed by atoms with E-state index in [1.165, 1.54) is 0 Å². The molecule has 0 N–H and O–H groups in total. The molecule has 0 amide bonds. The zero-order valence-electron chi connectivity index (χ0n) is 13.8. The quantitative estimate of drug-likeness (QED) is 0.548. The first kappa shape index (κ1) is 15.6. The number of esters is 1. The van der Waals surface area contributed by atoms with Gasteiger partial charge < -0.3 is 14.0 Å². The van der Waals surface area contributed by atoms with Gasteiger partial charge in [0.05, 0.1) is 26.7 Å². The van der Waals surface area contributed by atoms with Crippen molar-refractivity contribution in [3.63, 3.8) is 0 Å². The average Bonchev–Trinajstić information content (AvgIpc) is 2.51. The first-order valence-electron chi connectivity index (χ1n) is 7.79. The lowest BCUT2D eigenvalue weighted by molar-refractivity contribution is -0.870. The van der Waals surface area contributed by atoms with Crippen LogP contribution < -0.4 is 4.74 Å². The summed E-state index contributed by atoms with van der Waals surface area (Å²) in [6, 6.07) is 13.5. The topological polar surface area (TPSA) is 35.5 Å². The molecule has 0 aromatic heterocycles. The van der Waals surface area contributed by atoms with E-state index in [4.69, 9.17) is 9.47 Å². The van der Waals surface area contributed by atoms with Crippen molar-refractivity contribution in [2.45, 2.75) is 6.42 Å². The van der Waals surface area contributed by atoms with Crippen molar-refractivity contribution in [2.75, 3.05) is 34.3 Å². The molecule has 0 unspecified atom stereocenters. The standard InChI is InChI=1S/C19H22NO3/c1-20(2,3)11-12-22-19(21)15-8-6-10-18-16(15)13-14-7-4-5-9-17(14)23-18/h4-10H,11-13H2,1-3H3/q+1. The summed E-state index contributed by atoms with van der Waals surface area (Å²) >= 11 is 0. The van der Waals surface area contributed by atoms with Crippen molar-refractivity contribution in [1.29, 1.82) is 0 Å². The number of fused-ring (bicyclic) bond motifs is 2. The van der Waals surface area contributed by atoms with E-state index < -0.39 is 0 Å². The van der Waals surface area contributed by atoms with Gasteiger partial charge in [-0.3, -0.25) is 0 Å². The van der Waals surface area contributed by atoms with Crippen LogP contribution in [0.5, 0.6) is 11.5 Å². The van der Waals surface area contributed by atoms with Crippen molar-refractivity contribution in [3.05, 3.63) is 59.2 Å². The molecule has 1 aliphatic rings. The maximum absolute atomic E-state index is 12.4. The van der Waals surface area contributed by atoms with E-state index in [1.807, 2.05) is 42.5 Å². The molecule has 2 aromatic carbocycles. The lowest BCUT2D eigenvalue weighted by Crippen LogP contribution is -2.38. The van der Waals surface area contributed by atoms with Crippen LogP contribution in [0.2, 0.25) is 0 Å². The molecule has 4 heteroatoms. The monoisotopic (exact) mass is 312 g/mol. The summed E-state index contributed by atoms with van der Waals surface area (Å²) < 4.78 is 12.1. The Morgan fingerprint density at radius 2 is 1.83 bits per heavy atom. The molecule has 0 saturated heterocycles. The number of benzene rings is 2. The molecule has 0 bridgehead atoms. The van der Waals surface area contributed by atoms with E-state index in [0.29, 0.717) is 18.6 Å². The Labute approximate surface area is 136 Å². The molecule has 23 heavy (non-hydrogen) atoms. The molecule has 1 heterocycles. The van der Waals surface area contributed by atoms with Crippen LogP contribution in [0.4, 0.5) is 0 Å². The Balaban J connectivity index is 1.79. The highest BCUT2D eigenvalue weighted by Gasteiger charge is 2.23. The molecule has 4 nitrogen and oxygen atoms in total. The minimum absolute atomic E-state index is 0.279. The largest absolute Gasteiger partial charge is 0.457 e. The van der Waals surface area contributed by atoms with Gasteiger partial charge in [-0.05, 0) is 23.8 Å². The molecule has 3 rings (SSSR count). The summed E-state index contributed by atoms with van der Waals surface area (Å²) in [5.41, 5.74) is 2.59. The third kappa shape index (κ3) is 3.54. The minimum Gasteiger partial charge on any atom is -0.457 e. The SMILES string of the molecule is C[N+](C)(C)CCOC(=O)c1cccc2c1Cc1ccccc1O2. The van der Waals surface area contributed by atoms with Crippen molar-refractivity contribution in [1.82, 2.24) is 0 Å². The molecule has 120 valence electrons. The third-order valence-electron chi connectivity index (χ3n) is 3.91. The van der Waals surface area contributed by atoms with Gasteiger partial charge in [0.25, 0.3) is 0 Å². The van der Waals surface area contributed by atoms with Gasteiger partial charge >= 0.3 is 5.97 Å². The highest BCUT2D eigenvalue weighted by atomic mass is 16.5. The Hall–Kier alpha value is -2.33. The van der Waals surface area contributed by atoms with Crippen molar-refractivity contribution < 1.29 is 18.8 Å². The van der Waals surface area contributed by atoms with Crippen LogP contribution in [0.1, 0.15) is 21.5 Å². The molecule has 2 aromatic rings. The predicted molar refractivity (Wildman–Crippen MR) is 88.9 cm³/mol. The first-order valence-corrected chi connectivity index (χ1v) is 7.79. The first-order chi connectivity index (χ1) is 10.9. The number of hydrogen-bond donors (Lipinski definition) is 0. The maximum atomic E-state index is 12.4. The number of carbonyl (C=O) groups excluding carboxylic acids is 1. The molecule has 0 saturated carbocycles. The third-order valence-corrected chi connectivity index (χ3v) is 3.91. The van der Waals surface area contributed by atoms with E-state index in [2.05, 4.69) is 21.1 Å². The van der Waals surface area contributed by atoms with Gasteiger partial charge in [-0.1, -0.05) is 24.3 Å². The van der Waals surface area contributed by atoms with Gasteiger partial charge in [0, 0.05) is 12.0 Å². The van der Waals surface area contributed by atoms with Crippen LogP contribution in [0.3, 0.4) is 0 Å². The summed E-state index contributed by atoms with van der Waals surface area (Å²) in [5.74, 6) is 1.32. The Morgan fingerprint density at radius 1 is 1.09 bits per heavy atom. The van der Waals surface area contributed by atoms with Crippen molar-refractivity contribution in [3.8, 4) is 11.5 Å². The number of hydrogen-bond acceptors (Lipinski definition) is 3. The molecule has 0 radical (unpaired) electrons. The number of ether oxygens (including phenoxy) is 2. The van der Waals surface area contributed by atoms with Gasteiger partial charge in [-0.15, -0.1) is 0 Å². The summed E-state index contributed by atoms with van der Waals surface area (Å²) in [4.78, 5) is 12.4. The van der Waals surface area contributed by atoms with E-state index >= 15 is 0 Å². The van der Waals surface area contributed by atoms with Gasteiger partial charge in [-0.25, -0.2) is 4.79 Å². The number of carbonyl (C=O) groups is 1. The zero-order valence-corrected chi connectivity index (χ0v) is 13.8. The van der Waals surface area contributed by atoms with E-state index in [1.54, 1.807) is 0 Å². The Morgan fingerprint density at radius 3 is 2.61 bits per heavy atom. The summed E-state index contributed by atoms with van der Waals surface area (Å²) in [6.07, 6.45) is 0.687. The van der Waals surface area contributed by atoms with Crippen molar-refractivity contribution >= 4 is 5.97 Å². The highest BCUT2D eigenvalue weighted by Crippen LogP contribution is 2.37. The second-order valence-corrected chi connectivity index (χ2v) is 6.82. The van der Waals surface area contributed by atoms with Crippen LogP contribution in [-0.2, 0) is 11.2 Å². The molecule has 1 aliphatic heterocycles. The molecule has 0 aliphatic carbocycles.